The van der Waals surface area contributed by atoms with E-state index in [1.807, 2.05) is 0 Å². The zero-order chi connectivity index (χ0) is 15.7. The zero-order valence-electron chi connectivity index (χ0n) is 11.9. The minimum absolute atomic E-state index is 0.0989. The summed E-state index contributed by atoms with van der Waals surface area (Å²) in [7, 11) is 1.39. The van der Waals surface area contributed by atoms with Crippen LogP contribution in [0.1, 0.15) is 36.0 Å². The number of nitro benzene ring substituents is 1. The topological polar surface area (TPSA) is 81.5 Å². The highest BCUT2D eigenvalue weighted by Crippen LogP contribution is 2.24. The van der Waals surface area contributed by atoms with E-state index in [2.05, 4.69) is 21.2 Å². The normalized spacial score (nSPS) is 10.2. The SMILES string of the molecule is COc1cc([N+](=O)[O-])ccc1C(=O)NCCCCCCBr. The van der Waals surface area contributed by atoms with Crippen molar-refractivity contribution in [2.45, 2.75) is 25.7 Å². The Hall–Kier alpha value is -1.63. The first-order chi connectivity index (χ1) is 10.1. The third kappa shape index (κ3) is 5.71. The summed E-state index contributed by atoms with van der Waals surface area (Å²) < 4.78 is 5.05. The number of nitrogens with zero attached hydrogens (tertiary/aromatic N) is 1. The van der Waals surface area contributed by atoms with Gasteiger partial charge in [-0.3, -0.25) is 14.9 Å². The first kappa shape index (κ1) is 17.4. The molecule has 21 heavy (non-hydrogen) atoms. The summed E-state index contributed by atoms with van der Waals surface area (Å²) in [6.45, 7) is 0.585. The molecule has 0 saturated carbocycles. The highest BCUT2D eigenvalue weighted by molar-refractivity contribution is 9.09. The van der Waals surface area contributed by atoms with Crippen LogP contribution in [0.4, 0.5) is 5.69 Å². The molecule has 0 heterocycles. The molecule has 1 aromatic rings. The number of ether oxygens (including phenoxy) is 1. The molecule has 0 aliphatic heterocycles. The molecule has 1 rings (SSSR count). The molecule has 0 saturated heterocycles. The van der Waals surface area contributed by atoms with Crippen molar-refractivity contribution in [1.82, 2.24) is 5.32 Å². The summed E-state index contributed by atoms with van der Waals surface area (Å²) in [5, 5.41) is 14.5. The number of benzene rings is 1. The van der Waals surface area contributed by atoms with Crippen molar-refractivity contribution in [3.05, 3.63) is 33.9 Å². The summed E-state index contributed by atoms with van der Waals surface area (Å²) >= 11 is 3.37. The van der Waals surface area contributed by atoms with Gasteiger partial charge in [0.05, 0.1) is 23.7 Å². The molecule has 6 nitrogen and oxygen atoms in total. The van der Waals surface area contributed by atoms with Crippen LogP contribution in [0.2, 0.25) is 0 Å². The van der Waals surface area contributed by atoms with Gasteiger partial charge in [-0.2, -0.15) is 0 Å². The van der Waals surface area contributed by atoms with E-state index in [4.69, 9.17) is 4.74 Å². The van der Waals surface area contributed by atoms with Crippen molar-refractivity contribution in [1.29, 1.82) is 0 Å². The van der Waals surface area contributed by atoms with Gasteiger partial charge in [0.1, 0.15) is 5.75 Å². The number of carbonyl (C=O) groups excluding carboxylic acids is 1. The highest BCUT2D eigenvalue weighted by Gasteiger charge is 2.16. The van der Waals surface area contributed by atoms with Crippen molar-refractivity contribution in [2.24, 2.45) is 0 Å². The lowest BCUT2D eigenvalue weighted by Crippen LogP contribution is -2.25. The maximum absolute atomic E-state index is 12.0. The average Bonchev–Trinajstić information content (AvgIpc) is 2.49. The highest BCUT2D eigenvalue weighted by atomic mass is 79.9. The summed E-state index contributed by atoms with van der Waals surface area (Å²) in [6, 6.07) is 3.97. The van der Waals surface area contributed by atoms with Gasteiger partial charge in [0.25, 0.3) is 11.6 Å². The molecule has 0 atom stereocenters. The molecular weight excluding hydrogens is 340 g/mol. The second-order valence-electron chi connectivity index (χ2n) is 4.50. The van der Waals surface area contributed by atoms with Gasteiger partial charge in [0, 0.05) is 17.9 Å². The number of hydrogen-bond donors (Lipinski definition) is 1. The Morgan fingerprint density at radius 1 is 1.33 bits per heavy atom. The monoisotopic (exact) mass is 358 g/mol. The minimum atomic E-state index is -0.520. The molecule has 7 heteroatoms. The van der Waals surface area contributed by atoms with E-state index in [0.29, 0.717) is 12.1 Å². The number of non-ortho nitro benzene ring substituents is 1. The smallest absolute Gasteiger partial charge is 0.273 e. The van der Waals surface area contributed by atoms with Crippen molar-refractivity contribution < 1.29 is 14.5 Å². The number of unbranched alkanes of at least 4 members (excludes halogenated alkanes) is 3. The molecule has 0 aliphatic rings. The molecule has 0 radical (unpaired) electrons. The fourth-order valence-electron chi connectivity index (χ4n) is 1.85. The maximum atomic E-state index is 12.0. The molecule has 0 fully saturated rings. The van der Waals surface area contributed by atoms with Gasteiger partial charge in [0.15, 0.2) is 0 Å². The van der Waals surface area contributed by atoms with E-state index < -0.39 is 4.92 Å². The van der Waals surface area contributed by atoms with Crippen LogP contribution in [-0.4, -0.2) is 29.8 Å². The van der Waals surface area contributed by atoms with E-state index in [-0.39, 0.29) is 17.3 Å². The van der Waals surface area contributed by atoms with Gasteiger partial charge >= 0.3 is 0 Å². The lowest BCUT2D eigenvalue weighted by Gasteiger charge is -2.09. The third-order valence-electron chi connectivity index (χ3n) is 2.99. The third-order valence-corrected chi connectivity index (χ3v) is 3.55. The number of nitro groups is 1. The Kier molecular flexibility index (Phi) is 7.74. The van der Waals surface area contributed by atoms with Crippen LogP contribution in [-0.2, 0) is 0 Å². The lowest BCUT2D eigenvalue weighted by molar-refractivity contribution is -0.384. The second-order valence-corrected chi connectivity index (χ2v) is 5.29. The molecule has 1 amide bonds. The Labute approximate surface area is 132 Å². The van der Waals surface area contributed by atoms with Crippen LogP contribution in [0.15, 0.2) is 18.2 Å². The summed E-state index contributed by atoms with van der Waals surface area (Å²) in [5.41, 5.74) is 0.210. The lowest BCUT2D eigenvalue weighted by atomic mass is 10.1. The number of nitrogens with one attached hydrogen (secondary N) is 1. The Balaban J connectivity index is 2.55. The molecule has 0 bridgehead atoms. The quantitative estimate of drug-likeness (QED) is 0.318. The van der Waals surface area contributed by atoms with Crippen molar-refractivity contribution in [3.63, 3.8) is 0 Å². The maximum Gasteiger partial charge on any atom is 0.273 e. The summed E-state index contributed by atoms with van der Waals surface area (Å²) in [6.07, 6.45) is 4.23. The zero-order valence-corrected chi connectivity index (χ0v) is 13.5. The van der Waals surface area contributed by atoms with Crippen molar-refractivity contribution >= 4 is 27.5 Å². The van der Waals surface area contributed by atoms with Crippen LogP contribution >= 0.6 is 15.9 Å². The van der Waals surface area contributed by atoms with Gasteiger partial charge in [-0.15, -0.1) is 0 Å². The fraction of sp³-hybridized carbons (Fsp3) is 0.500. The van der Waals surface area contributed by atoms with Gasteiger partial charge < -0.3 is 10.1 Å². The summed E-state index contributed by atoms with van der Waals surface area (Å²) in [5.74, 6) is -0.0665. The number of alkyl halides is 1. The number of amides is 1. The molecule has 1 N–H and O–H groups in total. The number of carbonyl (C=O) groups is 1. The van der Waals surface area contributed by atoms with Gasteiger partial charge in [0.2, 0.25) is 0 Å². The standard InChI is InChI=1S/C14H19BrN2O4/c1-21-13-10-11(17(19)20)6-7-12(13)14(18)16-9-5-3-2-4-8-15/h6-7,10H,2-5,8-9H2,1H3,(H,16,18). The molecular formula is C14H19BrN2O4. The van der Waals surface area contributed by atoms with Crippen molar-refractivity contribution in [2.75, 3.05) is 19.0 Å². The van der Waals surface area contributed by atoms with Crippen LogP contribution in [0.25, 0.3) is 0 Å². The van der Waals surface area contributed by atoms with Gasteiger partial charge in [-0.1, -0.05) is 28.8 Å². The van der Waals surface area contributed by atoms with E-state index in [0.717, 1.165) is 31.0 Å². The van der Waals surface area contributed by atoms with Crippen molar-refractivity contribution in [3.8, 4) is 5.75 Å². The Bertz CT molecular complexity index is 494. The minimum Gasteiger partial charge on any atom is -0.496 e. The summed E-state index contributed by atoms with van der Waals surface area (Å²) in [4.78, 5) is 22.2. The van der Waals surface area contributed by atoms with E-state index in [1.54, 1.807) is 0 Å². The van der Waals surface area contributed by atoms with E-state index >= 15 is 0 Å². The number of methoxy groups -OCH3 is 1. The molecule has 0 aliphatic carbocycles. The van der Waals surface area contributed by atoms with Crippen LogP contribution in [0.3, 0.4) is 0 Å². The van der Waals surface area contributed by atoms with Crippen LogP contribution in [0.5, 0.6) is 5.75 Å². The van der Waals surface area contributed by atoms with Crippen LogP contribution in [0, 0.1) is 10.1 Å². The molecule has 0 spiro atoms. The fourth-order valence-corrected chi connectivity index (χ4v) is 2.25. The first-order valence-electron chi connectivity index (χ1n) is 6.76. The predicted molar refractivity (Wildman–Crippen MR) is 84.2 cm³/mol. The molecule has 1 aromatic carbocycles. The van der Waals surface area contributed by atoms with E-state index in [9.17, 15) is 14.9 Å². The largest absolute Gasteiger partial charge is 0.496 e. The van der Waals surface area contributed by atoms with Gasteiger partial charge in [-0.25, -0.2) is 0 Å². The number of hydrogen-bond acceptors (Lipinski definition) is 4. The molecule has 0 unspecified atom stereocenters. The molecule has 0 aromatic heterocycles. The average molecular weight is 359 g/mol. The van der Waals surface area contributed by atoms with E-state index in [1.165, 1.54) is 25.3 Å². The Morgan fingerprint density at radius 2 is 2.05 bits per heavy atom. The Morgan fingerprint density at radius 3 is 2.67 bits per heavy atom. The number of halogens is 1. The molecule has 116 valence electrons. The predicted octanol–water partition coefficient (Wildman–Crippen LogP) is 3.29. The number of rotatable bonds is 9. The first-order valence-corrected chi connectivity index (χ1v) is 7.89. The second kappa shape index (κ2) is 9.33. The van der Waals surface area contributed by atoms with Crippen LogP contribution < -0.4 is 10.1 Å². The van der Waals surface area contributed by atoms with Gasteiger partial charge in [-0.05, 0) is 18.9 Å².